The Labute approximate surface area is 70.5 Å². The van der Waals surface area contributed by atoms with E-state index in [2.05, 4.69) is 6.58 Å². The highest BCUT2D eigenvalue weighted by Crippen LogP contribution is 2.11. The van der Waals surface area contributed by atoms with Gasteiger partial charge in [-0.1, -0.05) is 18.7 Å². The first kappa shape index (κ1) is 8.65. The molecule has 0 radical (unpaired) electrons. The van der Waals surface area contributed by atoms with E-state index >= 15 is 0 Å². The first-order valence-electron chi connectivity index (χ1n) is 3.58. The molecule has 0 aromatic heterocycles. The van der Waals surface area contributed by atoms with Gasteiger partial charge in [-0.3, -0.25) is 4.79 Å². The summed E-state index contributed by atoms with van der Waals surface area (Å²) in [6.07, 6.45) is 1.53. The topological polar surface area (TPSA) is 17.1 Å². The Hall–Kier alpha value is -1.44. The molecule has 0 saturated heterocycles. The van der Waals surface area contributed by atoms with Crippen LogP contribution < -0.4 is 0 Å². The van der Waals surface area contributed by atoms with Crippen molar-refractivity contribution < 1.29 is 9.18 Å². The molecule has 0 bridgehead atoms. The van der Waals surface area contributed by atoms with Crippen molar-refractivity contribution in [2.45, 2.75) is 6.92 Å². The summed E-state index contributed by atoms with van der Waals surface area (Å²) in [6.45, 7) is 4.83. The number of hydrogen-bond acceptors (Lipinski definition) is 1. The molecule has 0 N–H and O–H groups in total. The van der Waals surface area contributed by atoms with E-state index < -0.39 is 5.82 Å². The van der Waals surface area contributed by atoms with Crippen molar-refractivity contribution in [3.05, 3.63) is 41.7 Å². The molecule has 1 aromatic carbocycles. The molecule has 0 saturated carbocycles. The third-order valence-electron chi connectivity index (χ3n) is 1.61. The molecule has 0 aliphatic heterocycles. The largest absolute Gasteiger partial charge is 0.294 e. The van der Waals surface area contributed by atoms with Gasteiger partial charge in [-0.2, -0.15) is 0 Å². The Balaban J connectivity index is 3.20. The van der Waals surface area contributed by atoms with Crippen LogP contribution in [-0.4, -0.2) is 5.78 Å². The van der Waals surface area contributed by atoms with E-state index in [0.29, 0.717) is 5.56 Å². The summed E-state index contributed by atoms with van der Waals surface area (Å²) >= 11 is 0. The molecule has 0 spiro atoms. The minimum absolute atomic E-state index is 0.126. The smallest absolute Gasteiger partial charge is 0.162 e. The van der Waals surface area contributed by atoms with Crippen LogP contribution in [0.2, 0.25) is 0 Å². The fourth-order valence-electron chi connectivity index (χ4n) is 0.944. The van der Waals surface area contributed by atoms with Gasteiger partial charge in [-0.15, -0.1) is 0 Å². The Kier molecular flexibility index (Phi) is 2.38. The third kappa shape index (κ3) is 1.59. The zero-order valence-electron chi connectivity index (χ0n) is 6.80. The molecule has 0 amide bonds. The van der Waals surface area contributed by atoms with Gasteiger partial charge in [0.25, 0.3) is 0 Å². The quantitative estimate of drug-likeness (QED) is 0.614. The Morgan fingerprint density at radius 1 is 1.58 bits per heavy atom. The van der Waals surface area contributed by atoms with Crippen molar-refractivity contribution in [2.75, 3.05) is 0 Å². The highest BCUT2D eigenvalue weighted by molar-refractivity contribution is 5.94. The minimum Gasteiger partial charge on any atom is -0.294 e. The summed E-state index contributed by atoms with van der Waals surface area (Å²) in [6, 6.07) is 4.42. The van der Waals surface area contributed by atoms with Crippen LogP contribution in [0.1, 0.15) is 22.8 Å². The molecular formula is C10H9FO. The molecule has 12 heavy (non-hydrogen) atoms. The molecular weight excluding hydrogens is 155 g/mol. The summed E-state index contributed by atoms with van der Waals surface area (Å²) in [5, 5.41) is 0. The number of ketones is 1. The normalized spacial score (nSPS) is 9.50. The SMILES string of the molecule is C=Cc1ccc(C(C)=O)c(F)c1. The maximum Gasteiger partial charge on any atom is 0.162 e. The van der Waals surface area contributed by atoms with Crippen molar-refractivity contribution in [2.24, 2.45) is 0 Å². The second kappa shape index (κ2) is 3.30. The van der Waals surface area contributed by atoms with Gasteiger partial charge in [-0.05, 0) is 24.6 Å². The Morgan fingerprint density at radius 3 is 2.67 bits per heavy atom. The number of carbonyl (C=O) groups excluding carboxylic acids is 1. The summed E-state index contributed by atoms with van der Waals surface area (Å²) in [7, 11) is 0. The van der Waals surface area contributed by atoms with Crippen molar-refractivity contribution in [1.29, 1.82) is 0 Å². The number of halogens is 1. The molecule has 1 rings (SSSR count). The van der Waals surface area contributed by atoms with Gasteiger partial charge in [0.15, 0.2) is 5.78 Å². The minimum atomic E-state index is -0.486. The predicted molar refractivity (Wildman–Crippen MR) is 46.5 cm³/mol. The predicted octanol–water partition coefficient (Wildman–Crippen LogP) is 2.67. The number of rotatable bonds is 2. The van der Waals surface area contributed by atoms with E-state index in [9.17, 15) is 9.18 Å². The summed E-state index contributed by atoms with van der Waals surface area (Å²) < 4.78 is 13.0. The van der Waals surface area contributed by atoms with Crippen LogP contribution in [0.25, 0.3) is 6.08 Å². The van der Waals surface area contributed by atoms with Crippen molar-refractivity contribution in [3.8, 4) is 0 Å². The number of benzene rings is 1. The van der Waals surface area contributed by atoms with Crippen molar-refractivity contribution in [1.82, 2.24) is 0 Å². The second-order valence-electron chi connectivity index (χ2n) is 2.50. The first-order valence-corrected chi connectivity index (χ1v) is 3.58. The van der Waals surface area contributed by atoms with Crippen LogP contribution in [-0.2, 0) is 0 Å². The highest BCUT2D eigenvalue weighted by atomic mass is 19.1. The molecule has 0 fully saturated rings. The average Bonchev–Trinajstić information content (AvgIpc) is 2.03. The van der Waals surface area contributed by atoms with E-state index in [1.54, 1.807) is 6.07 Å². The number of carbonyl (C=O) groups is 1. The van der Waals surface area contributed by atoms with Gasteiger partial charge in [0, 0.05) is 0 Å². The van der Waals surface area contributed by atoms with Crippen LogP contribution in [0, 0.1) is 5.82 Å². The maximum atomic E-state index is 13.0. The van der Waals surface area contributed by atoms with Gasteiger partial charge >= 0.3 is 0 Å². The third-order valence-corrected chi connectivity index (χ3v) is 1.61. The van der Waals surface area contributed by atoms with E-state index in [1.807, 2.05) is 0 Å². The van der Waals surface area contributed by atoms with Crippen LogP contribution in [0.5, 0.6) is 0 Å². The lowest BCUT2D eigenvalue weighted by Gasteiger charge is -1.98. The van der Waals surface area contributed by atoms with Gasteiger partial charge in [0.2, 0.25) is 0 Å². The molecule has 0 atom stereocenters. The van der Waals surface area contributed by atoms with E-state index in [1.165, 1.54) is 25.1 Å². The molecule has 1 nitrogen and oxygen atoms in total. The Morgan fingerprint density at radius 2 is 2.25 bits per heavy atom. The lowest BCUT2D eigenvalue weighted by Crippen LogP contribution is -1.96. The van der Waals surface area contributed by atoms with Crippen molar-refractivity contribution >= 4 is 11.9 Å². The van der Waals surface area contributed by atoms with Crippen LogP contribution in [0.4, 0.5) is 4.39 Å². The molecule has 0 heterocycles. The lowest BCUT2D eigenvalue weighted by atomic mass is 10.1. The van der Waals surface area contributed by atoms with Crippen molar-refractivity contribution in [3.63, 3.8) is 0 Å². The van der Waals surface area contributed by atoms with E-state index in [0.717, 1.165) is 0 Å². The molecule has 62 valence electrons. The highest BCUT2D eigenvalue weighted by Gasteiger charge is 2.05. The Bertz CT molecular complexity index is 329. The summed E-state index contributed by atoms with van der Waals surface area (Å²) in [5.74, 6) is -0.747. The summed E-state index contributed by atoms with van der Waals surface area (Å²) in [4.78, 5) is 10.8. The van der Waals surface area contributed by atoms with Crippen LogP contribution in [0.15, 0.2) is 24.8 Å². The molecule has 0 unspecified atom stereocenters. The fraction of sp³-hybridized carbons (Fsp3) is 0.100. The first-order chi connectivity index (χ1) is 5.65. The van der Waals surface area contributed by atoms with Gasteiger partial charge in [0.05, 0.1) is 5.56 Å². The standard InChI is InChI=1S/C10H9FO/c1-3-8-4-5-9(7(2)12)10(11)6-8/h3-6H,1H2,2H3. The van der Waals surface area contributed by atoms with Gasteiger partial charge in [0.1, 0.15) is 5.82 Å². The number of hydrogen-bond donors (Lipinski definition) is 0. The number of Topliss-reactive ketones (excluding diaryl/α,β-unsaturated/α-hetero) is 1. The van der Waals surface area contributed by atoms with Gasteiger partial charge < -0.3 is 0 Å². The molecule has 2 heteroatoms. The van der Waals surface area contributed by atoms with Gasteiger partial charge in [-0.25, -0.2) is 4.39 Å². The lowest BCUT2D eigenvalue weighted by molar-refractivity contribution is 0.101. The van der Waals surface area contributed by atoms with Crippen LogP contribution in [0.3, 0.4) is 0 Å². The molecule has 1 aromatic rings. The monoisotopic (exact) mass is 164 g/mol. The van der Waals surface area contributed by atoms with Crippen LogP contribution >= 0.6 is 0 Å². The maximum absolute atomic E-state index is 13.0. The van der Waals surface area contributed by atoms with E-state index in [4.69, 9.17) is 0 Å². The second-order valence-corrected chi connectivity index (χ2v) is 2.50. The fourth-order valence-corrected chi connectivity index (χ4v) is 0.944. The average molecular weight is 164 g/mol. The molecule has 0 aliphatic carbocycles. The zero-order valence-corrected chi connectivity index (χ0v) is 6.80. The summed E-state index contributed by atoms with van der Waals surface area (Å²) in [5.41, 5.74) is 0.804. The van der Waals surface area contributed by atoms with E-state index in [-0.39, 0.29) is 11.3 Å². The molecule has 0 aliphatic rings. The zero-order chi connectivity index (χ0) is 9.14.